The second kappa shape index (κ2) is 6.71. The van der Waals surface area contributed by atoms with E-state index in [1.807, 2.05) is 30.3 Å². The first-order chi connectivity index (χ1) is 12.2. The topological polar surface area (TPSA) is 46.4 Å². The van der Waals surface area contributed by atoms with Crippen molar-refractivity contribution in [2.45, 2.75) is 36.3 Å². The van der Waals surface area contributed by atoms with E-state index in [4.69, 9.17) is 0 Å². The first-order valence-electron chi connectivity index (χ1n) is 8.85. The van der Waals surface area contributed by atoms with E-state index in [1.165, 1.54) is 31.2 Å². The van der Waals surface area contributed by atoms with E-state index in [0.717, 1.165) is 29.4 Å². The SMILES string of the molecule is O=[N+]([O-])c1ccc(SCc2ccccc2)cc1N1CCC2(CC1)CC2. The van der Waals surface area contributed by atoms with E-state index >= 15 is 0 Å². The maximum absolute atomic E-state index is 11.5. The van der Waals surface area contributed by atoms with Gasteiger partial charge < -0.3 is 4.90 Å². The number of nitro groups is 1. The zero-order valence-electron chi connectivity index (χ0n) is 14.2. The molecule has 1 aliphatic carbocycles. The Morgan fingerprint density at radius 1 is 1.04 bits per heavy atom. The Labute approximate surface area is 152 Å². The van der Waals surface area contributed by atoms with Crippen LogP contribution >= 0.6 is 11.8 Å². The van der Waals surface area contributed by atoms with Crippen LogP contribution in [0.2, 0.25) is 0 Å². The molecule has 1 heterocycles. The third-order valence-corrected chi connectivity index (χ3v) is 6.58. The number of nitro benzene ring substituents is 1. The molecular weight excluding hydrogens is 332 g/mol. The molecule has 0 aromatic heterocycles. The third kappa shape index (κ3) is 3.66. The number of piperidine rings is 1. The number of nitrogens with zero attached hydrogens (tertiary/aromatic N) is 2. The predicted octanol–water partition coefficient (Wildman–Crippen LogP) is 5.27. The van der Waals surface area contributed by atoms with Crippen LogP contribution in [0.15, 0.2) is 53.4 Å². The molecule has 2 aromatic carbocycles. The minimum Gasteiger partial charge on any atom is -0.366 e. The Hall–Kier alpha value is -2.01. The molecule has 0 unspecified atom stereocenters. The first kappa shape index (κ1) is 16.5. The highest BCUT2D eigenvalue weighted by atomic mass is 32.2. The highest BCUT2D eigenvalue weighted by molar-refractivity contribution is 7.98. The number of benzene rings is 2. The Kier molecular flexibility index (Phi) is 4.42. The van der Waals surface area contributed by atoms with E-state index in [2.05, 4.69) is 17.0 Å². The number of hydrogen-bond donors (Lipinski definition) is 0. The third-order valence-electron chi connectivity index (χ3n) is 5.51. The quantitative estimate of drug-likeness (QED) is 0.417. The monoisotopic (exact) mass is 354 g/mol. The van der Waals surface area contributed by atoms with Crippen molar-refractivity contribution in [1.29, 1.82) is 0 Å². The van der Waals surface area contributed by atoms with Gasteiger partial charge in [0, 0.05) is 29.8 Å². The first-order valence-corrected chi connectivity index (χ1v) is 9.84. The average Bonchev–Trinajstić information content (AvgIpc) is 3.40. The van der Waals surface area contributed by atoms with Crippen LogP contribution < -0.4 is 4.90 Å². The summed E-state index contributed by atoms with van der Waals surface area (Å²) in [7, 11) is 0. The second-order valence-electron chi connectivity index (χ2n) is 7.17. The summed E-state index contributed by atoms with van der Waals surface area (Å²) in [5.74, 6) is 0.876. The summed E-state index contributed by atoms with van der Waals surface area (Å²) in [6.45, 7) is 1.88. The summed E-state index contributed by atoms with van der Waals surface area (Å²) >= 11 is 1.73. The van der Waals surface area contributed by atoms with Gasteiger partial charge in [0.1, 0.15) is 5.69 Å². The van der Waals surface area contributed by atoms with Gasteiger partial charge in [-0.2, -0.15) is 0 Å². The maximum atomic E-state index is 11.5. The molecule has 0 bridgehead atoms. The fourth-order valence-corrected chi connectivity index (χ4v) is 4.53. The van der Waals surface area contributed by atoms with Crippen LogP contribution in [0.5, 0.6) is 0 Å². The van der Waals surface area contributed by atoms with Gasteiger partial charge in [-0.15, -0.1) is 11.8 Å². The number of anilines is 1. The standard InChI is InChI=1S/C20H22N2O2S/c23-22(24)18-7-6-17(25-15-16-4-2-1-3-5-16)14-19(18)21-12-10-20(8-9-20)11-13-21/h1-7,14H,8-13,15H2. The summed E-state index contributed by atoms with van der Waals surface area (Å²) < 4.78 is 0. The van der Waals surface area contributed by atoms with E-state index in [1.54, 1.807) is 17.8 Å². The normalized spacial score (nSPS) is 18.3. The largest absolute Gasteiger partial charge is 0.366 e. The van der Waals surface area contributed by atoms with Crippen LogP contribution in [-0.4, -0.2) is 18.0 Å². The molecular formula is C20H22N2O2S. The van der Waals surface area contributed by atoms with Gasteiger partial charge in [-0.3, -0.25) is 10.1 Å². The molecule has 4 nitrogen and oxygen atoms in total. The molecule has 4 rings (SSSR count). The lowest BCUT2D eigenvalue weighted by molar-refractivity contribution is -0.384. The molecule has 0 radical (unpaired) electrons. The summed E-state index contributed by atoms with van der Waals surface area (Å²) in [6, 6.07) is 15.9. The van der Waals surface area contributed by atoms with Gasteiger partial charge in [0.2, 0.25) is 0 Å². The van der Waals surface area contributed by atoms with E-state index in [9.17, 15) is 10.1 Å². The molecule has 5 heteroatoms. The summed E-state index contributed by atoms with van der Waals surface area (Å²) in [6.07, 6.45) is 5.03. The van der Waals surface area contributed by atoms with Gasteiger partial charge in [0.05, 0.1) is 4.92 Å². The highest BCUT2D eigenvalue weighted by Crippen LogP contribution is 2.54. The zero-order valence-corrected chi connectivity index (χ0v) is 15.0. The van der Waals surface area contributed by atoms with Gasteiger partial charge in [-0.1, -0.05) is 30.3 Å². The van der Waals surface area contributed by atoms with Gasteiger partial charge in [-0.05, 0) is 48.8 Å². The molecule has 0 atom stereocenters. The molecule has 2 fully saturated rings. The predicted molar refractivity (Wildman–Crippen MR) is 102 cm³/mol. The van der Waals surface area contributed by atoms with Crippen LogP contribution in [0.25, 0.3) is 0 Å². The highest BCUT2D eigenvalue weighted by Gasteiger charge is 2.44. The molecule has 1 aliphatic heterocycles. The number of thioether (sulfide) groups is 1. The number of hydrogen-bond acceptors (Lipinski definition) is 4. The van der Waals surface area contributed by atoms with Crippen molar-refractivity contribution in [3.8, 4) is 0 Å². The lowest BCUT2D eigenvalue weighted by Crippen LogP contribution is -2.34. The van der Waals surface area contributed by atoms with Crippen molar-refractivity contribution in [3.63, 3.8) is 0 Å². The molecule has 1 saturated carbocycles. The molecule has 25 heavy (non-hydrogen) atoms. The van der Waals surface area contributed by atoms with Crippen molar-refractivity contribution in [1.82, 2.24) is 0 Å². The molecule has 2 aromatic rings. The van der Waals surface area contributed by atoms with Crippen LogP contribution in [-0.2, 0) is 5.75 Å². The van der Waals surface area contributed by atoms with Gasteiger partial charge >= 0.3 is 0 Å². The minimum absolute atomic E-state index is 0.232. The van der Waals surface area contributed by atoms with Crippen LogP contribution in [0.1, 0.15) is 31.2 Å². The van der Waals surface area contributed by atoms with Crippen molar-refractivity contribution < 1.29 is 4.92 Å². The Balaban J connectivity index is 1.52. The average molecular weight is 354 g/mol. The lowest BCUT2D eigenvalue weighted by Gasteiger charge is -2.33. The van der Waals surface area contributed by atoms with Crippen LogP contribution in [0.4, 0.5) is 11.4 Å². The maximum Gasteiger partial charge on any atom is 0.292 e. The zero-order chi connectivity index (χ0) is 17.3. The Bertz CT molecular complexity index is 765. The smallest absolute Gasteiger partial charge is 0.292 e. The van der Waals surface area contributed by atoms with Crippen molar-refractivity contribution in [3.05, 3.63) is 64.2 Å². The summed E-state index contributed by atoms with van der Waals surface area (Å²) in [5, 5.41) is 11.5. The van der Waals surface area contributed by atoms with Crippen molar-refractivity contribution in [2.75, 3.05) is 18.0 Å². The van der Waals surface area contributed by atoms with E-state index < -0.39 is 0 Å². The molecule has 2 aliphatic rings. The Morgan fingerprint density at radius 2 is 1.76 bits per heavy atom. The Morgan fingerprint density at radius 3 is 2.40 bits per heavy atom. The van der Waals surface area contributed by atoms with Gasteiger partial charge in [-0.25, -0.2) is 0 Å². The molecule has 1 saturated heterocycles. The number of rotatable bonds is 5. The van der Waals surface area contributed by atoms with E-state index in [0.29, 0.717) is 5.41 Å². The summed E-state index contributed by atoms with van der Waals surface area (Å²) in [4.78, 5) is 14.5. The summed E-state index contributed by atoms with van der Waals surface area (Å²) in [5.41, 5.74) is 2.86. The van der Waals surface area contributed by atoms with Crippen LogP contribution in [0.3, 0.4) is 0 Å². The van der Waals surface area contributed by atoms with Crippen molar-refractivity contribution >= 4 is 23.1 Å². The molecule has 0 amide bonds. The molecule has 0 N–H and O–H groups in total. The van der Waals surface area contributed by atoms with Gasteiger partial charge in [0.25, 0.3) is 5.69 Å². The molecule has 1 spiro atoms. The molecule has 130 valence electrons. The minimum atomic E-state index is -0.248. The van der Waals surface area contributed by atoms with Gasteiger partial charge in [0.15, 0.2) is 0 Å². The van der Waals surface area contributed by atoms with E-state index in [-0.39, 0.29) is 10.6 Å². The fraction of sp³-hybridized carbons (Fsp3) is 0.400. The fourth-order valence-electron chi connectivity index (χ4n) is 3.64. The van der Waals surface area contributed by atoms with Crippen LogP contribution in [0, 0.1) is 15.5 Å². The lowest BCUT2D eigenvalue weighted by atomic mass is 9.93. The van der Waals surface area contributed by atoms with Crippen molar-refractivity contribution in [2.24, 2.45) is 5.41 Å². The second-order valence-corrected chi connectivity index (χ2v) is 8.22.